The molecule has 1 aromatic heterocycles. The van der Waals surface area contributed by atoms with E-state index >= 15 is 0 Å². The van der Waals surface area contributed by atoms with Gasteiger partial charge in [0.15, 0.2) is 9.74 Å². The van der Waals surface area contributed by atoms with Gasteiger partial charge >= 0.3 is 0 Å². The summed E-state index contributed by atoms with van der Waals surface area (Å²) < 4.78 is 50.0. The standard InChI is InChI=1S/C39H45N7O7S3/c1-37-35(47)45-34-38(27-39(45,55-54-37)36(48)43(37)2,32-13-6-7-14-33(32)46(34)56(49,50)31-11-4-3-5-12-31)28-15-17-30(18-16-28)53-24-9-20-44-25-29(41-42-44)26-52-23-10-22-51-21-8-19-40/h3-7,11-18,25,34H,8-10,19-24,26-27,40H2,1-2H3/t34-,37-,38-,39-/m0/s1. The van der Waals surface area contributed by atoms with Crippen molar-refractivity contribution in [1.82, 2.24) is 24.8 Å². The van der Waals surface area contributed by atoms with Crippen LogP contribution in [0.25, 0.3) is 0 Å². The third-order valence-corrected chi connectivity index (χ3v) is 16.5. The summed E-state index contributed by atoms with van der Waals surface area (Å²) in [6.07, 6.45) is 3.36. The van der Waals surface area contributed by atoms with E-state index < -0.39 is 31.3 Å². The van der Waals surface area contributed by atoms with Gasteiger partial charge in [-0.3, -0.25) is 19.2 Å². The highest BCUT2D eigenvalue weighted by atomic mass is 33.1. The second kappa shape index (κ2) is 15.3. The van der Waals surface area contributed by atoms with Crippen LogP contribution in [0.4, 0.5) is 5.69 Å². The first-order chi connectivity index (χ1) is 27.1. The third-order valence-electron chi connectivity index (χ3n) is 11.0. The molecule has 5 aliphatic rings. The molecular weight excluding hydrogens is 775 g/mol. The van der Waals surface area contributed by atoms with E-state index in [0.29, 0.717) is 64.0 Å². The Kier molecular flexibility index (Phi) is 10.6. The van der Waals surface area contributed by atoms with Crippen LogP contribution in [0.3, 0.4) is 0 Å². The monoisotopic (exact) mass is 819 g/mol. The van der Waals surface area contributed by atoms with Crippen molar-refractivity contribution >= 4 is 49.1 Å². The summed E-state index contributed by atoms with van der Waals surface area (Å²) in [5.74, 6) is 0.141. The van der Waals surface area contributed by atoms with Crippen molar-refractivity contribution in [1.29, 1.82) is 0 Å². The number of carbonyl (C=O) groups is 2. The molecule has 4 aromatic rings. The fraction of sp³-hybridized carbons (Fsp3) is 0.436. The fourth-order valence-corrected chi connectivity index (χ4v) is 13.4. The number of ether oxygens (including phenoxy) is 3. The molecule has 9 rings (SSSR count). The topological polar surface area (TPSA) is 162 Å². The number of piperazine rings is 1. The number of amides is 2. The Morgan fingerprint density at radius 2 is 1.61 bits per heavy atom. The number of aryl methyl sites for hydroxylation is 1. The van der Waals surface area contributed by atoms with Gasteiger partial charge in [0.25, 0.3) is 21.8 Å². The molecule has 4 atom stereocenters. The summed E-state index contributed by atoms with van der Waals surface area (Å²) in [6, 6.07) is 23.3. The largest absolute Gasteiger partial charge is 0.494 e. The molecule has 2 amide bonds. The summed E-state index contributed by atoms with van der Waals surface area (Å²) in [4.78, 5) is 29.7. The lowest BCUT2D eigenvalue weighted by Crippen LogP contribution is -2.76. The van der Waals surface area contributed by atoms with E-state index in [4.69, 9.17) is 19.9 Å². The summed E-state index contributed by atoms with van der Waals surface area (Å²) >= 11 is 0. The molecule has 4 fully saturated rings. The number of hydrogen-bond acceptors (Lipinski definition) is 12. The normalized spacial score (nSPS) is 25.1. The fourth-order valence-electron chi connectivity index (χ4n) is 8.19. The lowest BCUT2D eigenvalue weighted by atomic mass is 9.72. The number of rotatable bonds is 17. The van der Waals surface area contributed by atoms with Crippen molar-refractivity contribution in [2.75, 3.05) is 44.3 Å². The molecule has 0 saturated carbocycles. The average Bonchev–Trinajstić information content (AvgIpc) is 3.88. The van der Waals surface area contributed by atoms with Gasteiger partial charge in [0, 0.05) is 46.3 Å². The molecule has 1 spiro atoms. The molecule has 3 aromatic carbocycles. The van der Waals surface area contributed by atoms with Crippen molar-refractivity contribution in [2.24, 2.45) is 5.73 Å². The van der Waals surface area contributed by atoms with Gasteiger partial charge in [-0.15, -0.1) is 5.10 Å². The van der Waals surface area contributed by atoms with Crippen molar-refractivity contribution in [2.45, 2.75) is 72.0 Å². The third kappa shape index (κ3) is 6.27. The second-order valence-corrected chi connectivity index (χ2v) is 19.1. The van der Waals surface area contributed by atoms with Crippen molar-refractivity contribution < 1.29 is 32.2 Å². The quantitative estimate of drug-likeness (QED) is 0.119. The minimum atomic E-state index is -4.21. The van der Waals surface area contributed by atoms with Gasteiger partial charge < -0.3 is 24.8 Å². The number of anilines is 1. The molecule has 14 nitrogen and oxygen atoms in total. The predicted molar refractivity (Wildman–Crippen MR) is 213 cm³/mol. The highest BCUT2D eigenvalue weighted by Gasteiger charge is 2.79. The van der Waals surface area contributed by atoms with Crippen LogP contribution in [-0.4, -0.2) is 101 Å². The SMILES string of the molecule is CN1C(=O)[C@@]23C[C@]4(c5ccc(OCCCn6cc(COCCCOCCCN)nn6)cc5)c5ccccc5N(S(=O)(=O)c5ccccc5)[C@@H]4N2C(=O)[C@]1(C)SS3. The molecule has 56 heavy (non-hydrogen) atoms. The highest BCUT2D eigenvalue weighted by Crippen LogP contribution is 2.71. The van der Waals surface area contributed by atoms with Crippen LogP contribution in [0.5, 0.6) is 5.75 Å². The molecule has 2 N–H and O–H groups in total. The van der Waals surface area contributed by atoms with Crippen LogP contribution in [0.15, 0.2) is 90.0 Å². The highest BCUT2D eigenvalue weighted by molar-refractivity contribution is 8.78. The zero-order valence-electron chi connectivity index (χ0n) is 31.3. The van der Waals surface area contributed by atoms with Crippen LogP contribution < -0.4 is 14.8 Å². The molecular formula is C39H45N7O7S3. The van der Waals surface area contributed by atoms with E-state index in [1.165, 1.54) is 30.8 Å². The lowest BCUT2D eigenvalue weighted by Gasteiger charge is -2.58. The number of likely N-dealkylation sites (N-methyl/N-ethyl adjacent to an activating group) is 1. The molecule has 5 aliphatic heterocycles. The van der Waals surface area contributed by atoms with Crippen molar-refractivity contribution in [3.05, 3.63) is 102 Å². The number of nitrogens with zero attached hydrogens (tertiary/aromatic N) is 6. The zero-order valence-corrected chi connectivity index (χ0v) is 33.7. The summed E-state index contributed by atoms with van der Waals surface area (Å²) in [6.45, 7) is 5.65. The maximum atomic E-state index is 14.8. The minimum Gasteiger partial charge on any atom is -0.494 e. The number of fused-ring (bicyclic) bond motifs is 5. The van der Waals surface area contributed by atoms with Crippen LogP contribution in [-0.2, 0) is 47.7 Å². The van der Waals surface area contributed by atoms with E-state index in [1.807, 2.05) is 42.6 Å². The van der Waals surface area contributed by atoms with Gasteiger partial charge in [-0.2, -0.15) is 0 Å². The molecule has 4 saturated heterocycles. The van der Waals surface area contributed by atoms with Gasteiger partial charge in [0.2, 0.25) is 0 Å². The Morgan fingerprint density at radius 3 is 2.39 bits per heavy atom. The van der Waals surface area contributed by atoms with Crippen LogP contribution >= 0.6 is 21.6 Å². The number of aromatic nitrogens is 3. The number of para-hydroxylation sites is 1. The average molecular weight is 820 g/mol. The smallest absolute Gasteiger partial charge is 0.266 e. The van der Waals surface area contributed by atoms with E-state index in [9.17, 15) is 18.0 Å². The van der Waals surface area contributed by atoms with Gasteiger partial charge in [0.1, 0.15) is 17.6 Å². The molecule has 0 unspecified atom stereocenters. The number of benzene rings is 3. The molecule has 0 aliphatic carbocycles. The minimum absolute atomic E-state index is 0.105. The Morgan fingerprint density at radius 1 is 0.875 bits per heavy atom. The maximum Gasteiger partial charge on any atom is 0.266 e. The molecule has 6 heterocycles. The number of hydrogen-bond donors (Lipinski definition) is 1. The Bertz CT molecular complexity index is 2190. The predicted octanol–water partition coefficient (Wildman–Crippen LogP) is 4.35. The van der Waals surface area contributed by atoms with Crippen LogP contribution in [0.1, 0.15) is 49.4 Å². The first-order valence-corrected chi connectivity index (χ1v) is 22.3. The molecule has 17 heteroatoms. The van der Waals surface area contributed by atoms with Gasteiger partial charge in [-0.25, -0.2) is 12.7 Å². The summed E-state index contributed by atoms with van der Waals surface area (Å²) in [5.41, 5.74) is 7.18. The van der Waals surface area contributed by atoms with E-state index in [2.05, 4.69) is 10.3 Å². The first-order valence-electron chi connectivity index (χ1n) is 18.7. The molecule has 0 radical (unpaired) electrons. The lowest BCUT2D eigenvalue weighted by molar-refractivity contribution is -0.163. The molecule has 296 valence electrons. The number of sulfonamides is 1. The number of carbonyl (C=O) groups excluding carboxylic acids is 2. The van der Waals surface area contributed by atoms with Crippen molar-refractivity contribution in [3.8, 4) is 5.75 Å². The van der Waals surface area contributed by atoms with Crippen LogP contribution in [0.2, 0.25) is 0 Å². The molecule has 2 bridgehead atoms. The first kappa shape index (κ1) is 38.7. The van der Waals surface area contributed by atoms with Crippen LogP contribution in [0, 0.1) is 0 Å². The second-order valence-electron chi connectivity index (χ2n) is 14.5. The zero-order chi connectivity index (χ0) is 39.1. The Balaban J connectivity index is 1.01. The maximum absolute atomic E-state index is 14.8. The summed E-state index contributed by atoms with van der Waals surface area (Å²) in [7, 11) is 0.177. The number of nitrogens with two attached hydrogens (primary N) is 1. The summed E-state index contributed by atoms with van der Waals surface area (Å²) in [5, 5.41) is 8.42. The Hall–Kier alpha value is -4.13. The van der Waals surface area contributed by atoms with Gasteiger partial charge in [0.05, 0.1) is 35.4 Å². The van der Waals surface area contributed by atoms with E-state index in [-0.39, 0.29) is 23.1 Å². The van der Waals surface area contributed by atoms with Gasteiger partial charge in [-0.05, 0) is 67.8 Å². The van der Waals surface area contributed by atoms with E-state index in [1.54, 1.807) is 66.0 Å². The van der Waals surface area contributed by atoms with E-state index in [0.717, 1.165) is 29.7 Å². The van der Waals surface area contributed by atoms with Crippen molar-refractivity contribution in [3.63, 3.8) is 0 Å². The Labute approximate surface area is 334 Å². The van der Waals surface area contributed by atoms with Gasteiger partial charge in [-0.1, -0.05) is 75.3 Å².